The summed E-state index contributed by atoms with van der Waals surface area (Å²) in [5.74, 6) is 2.21. The van der Waals surface area contributed by atoms with E-state index in [0.717, 1.165) is 17.9 Å². The maximum Gasteiger partial charge on any atom is 0.161 e. The van der Waals surface area contributed by atoms with Crippen molar-refractivity contribution in [3.05, 3.63) is 42.0 Å². The van der Waals surface area contributed by atoms with E-state index < -0.39 is 0 Å². The predicted molar refractivity (Wildman–Crippen MR) is 73.5 cm³/mol. The fraction of sp³-hybridized carbons (Fsp3) is 0.357. The molecule has 2 rings (SSSR count). The Morgan fingerprint density at radius 1 is 1.26 bits per heavy atom. The van der Waals surface area contributed by atoms with Gasteiger partial charge in [-0.2, -0.15) is 0 Å². The minimum Gasteiger partial charge on any atom is -0.493 e. The van der Waals surface area contributed by atoms with E-state index >= 15 is 0 Å². The van der Waals surface area contributed by atoms with E-state index in [1.54, 1.807) is 20.4 Å². The Kier molecular flexibility index (Phi) is 4.06. The Bertz CT molecular complexity index is 551. The standard InChI is InChI=1S/C14H19N3O2/c1-4-17-8-7-16-14(17)13(15)10-5-6-11(18-2)12(9-10)19-3/h5-9,13H,4,15H2,1-3H3. The molecule has 19 heavy (non-hydrogen) atoms. The lowest BCUT2D eigenvalue weighted by atomic mass is 10.1. The molecule has 2 N–H and O–H groups in total. The van der Waals surface area contributed by atoms with E-state index in [2.05, 4.69) is 11.9 Å². The molecule has 5 heteroatoms. The van der Waals surface area contributed by atoms with Gasteiger partial charge in [-0.25, -0.2) is 4.98 Å². The first-order valence-corrected chi connectivity index (χ1v) is 6.19. The van der Waals surface area contributed by atoms with Crippen molar-refractivity contribution in [2.75, 3.05) is 14.2 Å². The molecule has 0 saturated heterocycles. The zero-order valence-electron chi connectivity index (χ0n) is 11.5. The molecule has 0 aliphatic heterocycles. The summed E-state index contributed by atoms with van der Waals surface area (Å²) in [4.78, 5) is 4.33. The molecule has 0 radical (unpaired) electrons. The van der Waals surface area contributed by atoms with Crippen LogP contribution in [0.4, 0.5) is 0 Å². The number of ether oxygens (including phenoxy) is 2. The average molecular weight is 261 g/mol. The smallest absolute Gasteiger partial charge is 0.161 e. The summed E-state index contributed by atoms with van der Waals surface area (Å²) in [7, 11) is 3.22. The SMILES string of the molecule is CCn1ccnc1C(N)c1ccc(OC)c(OC)c1. The zero-order valence-corrected chi connectivity index (χ0v) is 11.5. The van der Waals surface area contributed by atoms with Gasteiger partial charge in [-0.3, -0.25) is 0 Å². The highest BCUT2D eigenvalue weighted by Gasteiger charge is 2.16. The molecule has 0 fully saturated rings. The molecule has 5 nitrogen and oxygen atoms in total. The van der Waals surface area contributed by atoms with Crippen molar-refractivity contribution in [3.63, 3.8) is 0 Å². The van der Waals surface area contributed by atoms with Gasteiger partial charge in [0.25, 0.3) is 0 Å². The van der Waals surface area contributed by atoms with Gasteiger partial charge in [0.05, 0.1) is 20.3 Å². The molecule has 0 aliphatic rings. The summed E-state index contributed by atoms with van der Waals surface area (Å²) < 4.78 is 12.5. The van der Waals surface area contributed by atoms with E-state index in [1.807, 2.05) is 29.0 Å². The minimum absolute atomic E-state index is 0.283. The van der Waals surface area contributed by atoms with Gasteiger partial charge in [0.2, 0.25) is 0 Å². The highest BCUT2D eigenvalue weighted by molar-refractivity contribution is 5.44. The van der Waals surface area contributed by atoms with Gasteiger partial charge < -0.3 is 19.8 Å². The Morgan fingerprint density at radius 3 is 2.63 bits per heavy atom. The second-order valence-corrected chi connectivity index (χ2v) is 4.16. The van der Waals surface area contributed by atoms with Crippen LogP contribution in [0.15, 0.2) is 30.6 Å². The van der Waals surface area contributed by atoms with E-state index in [9.17, 15) is 0 Å². The molecule has 102 valence electrons. The molecule has 1 unspecified atom stereocenters. The average Bonchev–Trinajstić information content (AvgIpc) is 2.94. The predicted octanol–water partition coefficient (Wildman–Crippen LogP) is 1.97. The van der Waals surface area contributed by atoms with Crippen LogP contribution >= 0.6 is 0 Å². The molecule has 1 aromatic carbocycles. The first-order valence-electron chi connectivity index (χ1n) is 6.19. The van der Waals surface area contributed by atoms with Gasteiger partial charge in [0, 0.05) is 18.9 Å². The van der Waals surface area contributed by atoms with Gasteiger partial charge in [0.1, 0.15) is 5.82 Å². The van der Waals surface area contributed by atoms with Crippen LogP contribution < -0.4 is 15.2 Å². The molecule has 0 bridgehead atoms. The van der Waals surface area contributed by atoms with E-state index in [-0.39, 0.29) is 6.04 Å². The quantitative estimate of drug-likeness (QED) is 0.893. The second kappa shape index (κ2) is 5.75. The topological polar surface area (TPSA) is 62.3 Å². The van der Waals surface area contributed by atoms with Crippen molar-refractivity contribution in [2.45, 2.75) is 19.5 Å². The highest BCUT2D eigenvalue weighted by Crippen LogP contribution is 2.30. The van der Waals surface area contributed by atoms with Crippen LogP contribution in [0.5, 0.6) is 11.5 Å². The highest BCUT2D eigenvalue weighted by atomic mass is 16.5. The summed E-state index contributed by atoms with van der Waals surface area (Å²) in [5, 5.41) is 0. The first kappa shape index (κ1) is 13.4. The molecule has 0 saturated carbocycles. The number of hydrogen-bond acceptors (Lipinski definition) is 4. The number of imidazole rings is 1. The van der Waals surface area contributed by atoms with Crippen molar-refractivity contribution in [3.8, 4) is 11.5 Å². The Balaban J connectivity index is 2.36. The van der Waals surface area contributed by atoms with Gasteiger partial charge in [-0.1, -0.05) is 6.07 Å². The van der Waals surface area contributed by atoms with Crippen molar-refractivity contribution in [1.82, 2.24) is 9.55 Å². The molecule has 1 aromatic heterocycles. The molecular weight excluding hydrogens is 242 g/mol. The van der Waals surface area contributed by atoms with E-state index in [1.165, 1.54) is 0 Å². The Labute approximate surface area is 113 Å². The van der Waals surface area contributed by atoms with Crippen LogP contribution in [-0.4, -0.2) is 23.8 Å². The zero-order chi connectivity index (χ0) is 13.8. The van der Waals surface area contributed by atoms with Crippen LogP contribution in [0.1, 0.15) is 24.4 Å². The molecular formula is C14H19N3O2. The first-order chi connectivity index (χ1) is 9.21. The lowest BCUT2D eigenvalue weighted by Gasteiger charge is -2.15. The monoisotopic (exact) mass is 261 g/mol. The van der Waals surface area contributed by atoms with Crippen LogP contribution in [0, 0.1) is 0 Å². The van der Waals surface area contributed by atoms with Crippen molar-refractivity contribution < 1.29 is 9.47 Å². The summed E-state index contributed by atoms with van der Waals surface area (Å²) in [6, 6.07) is 5.39. The molecule has 0 amide bonds. The second-order valence-electron chi connectivity index (χ2n) is 4.16. The van der Waals surface area contributed by atoms with Crippen LogP contribution in [0.25, 0.3) is 0 Å². The molecule has 1 heterocycles. The van der Waals surface area contributed by atoms with Crippen molar-refractivity contribution in [1.29, 1.82) is 0 Å². The summed E-state index contributed by atoms with van der Waals surface area (Å²) in [6.45, 7) is 2.91. The number of rotatable bonds is 5. The van der Waals surface area contributed by atoms with Crippen molar-refractivity contribution >= 4 is 0 Å². The fourth-order valence-corrected chi connectivity index (χ4v) is 2.06. The van der Waals surface area contributed by atoms with E-state index in [0.29, 0.717) is 11.5 Å². The number of hydrogen-bond donors (Lipinski definition) is 1. The normalized spacial score (nSPS) is 12.2. The molecule has 0 spiro atoms. The molecule has 0 aliphatic carbocycles. The number of nitrogens with two attached hydrogens (primary N) is 1. The third kappa shape index (κ3) is 2.56. The van der Waals surface area contributed by atoms with Gasteiger partial charge in [-0.05, 0) is 24.6 Å². The summed E-state index contributed by atoms with van der Waals surface area (Å²) in [6.07, 6.45) is 3.69. The fourth-order valence-electron chi connectivity index (χ4n) is 2.06. The molecule has 1 atom stereocenters. The largest absolute Gasteiger partial charge is 0.493 e. The van der Waals surface area contributed by atoms with Gasteiger partial charge in [-0.15, -0.1) is 0 Å². The van der Waals surface area contributed by atoms with E-state index in [4.69, 9.17) is 15.2 Å². The Hall–Kier alpha value is -2.01. The van der Waals surface area contributed by atoms with Gasteiger partial charge in [0.15, 0.2) is 11.5 Å². The van der Waals surface area contributed by atoms with Crippen LogP contribution in [-0.2, 0) is 6.54 Å². The number of benzene rings is 1. The van der Waals surface area contributed by atoms with Crippen molar-refractivity contribution in [2.24, 2.45) is 5.73 Å². The lowest BCUT2D eigenvalue weighted by molar-refractivity contribution is 0.354. The number of aromatic nitrogens is 2. The maximum absolute atomic E-state index is 6.27. The van der Waals surface area contributed by atoms with Gasteiger partial charge >= 0.3 is 0 Å². The van der Waals surface area contributed by atoms with Crippen LogP contribution in [0.2, 0.25) is 0 Å². The number of methoxy groups -OCH3 is 2. The summed E-state index contributed by atoms with van der Waals surface area (Å²) in [5.41, 5.74) is 7.22. The third-order valence-corrected chi connectivity index (χ3v) is 3.13. The third-order valence-electron chi connectivity index (χ3n) is 3.13. The van der Waals surface area contributed by atoms with Crippen LogP contribution in [0.3, 0.4) is 0 Å². The molecule has 2 aromatic rings. The lowest BCUT2D eigenvalue weighted by Crippen LogP contribution is -2.17. The maximum atomic E-state index is 6.27. The minimum atomic E-state index is -0.283. The summed E-state index contributed by atoms with van der Waals surface area (Å²) >= 11 is 0. The Morgan fingerprint density at radius 2 is 2.00 bits per heavy atom. The number of nitrogens with zero attached hydrogens (tertiary/aromatic N) is 2. The number of aryl methyl sites for hydroxylation is 1.